The highest BCUT2D eigenvalue weighted by Crippen LogP contribution is 2.23. The van der Waals surface area contributed by atoms with E-state index in [0.29, 0.717) is 6.04 Å². The van der Waals surface area contributed by atoms with Crippen molar-refractivity contribution in [3.63, 3.8) is 0 Å². The lowest BCUT2D eigenvalue weighted by atomic mass is 9.95. The Kier molecular flexibility index (Phi) is 4.76. The van der Waals surface area contributed by atoms with Gasteiger partial charge in [0.15, 0.2) is 0 Å². The number of likely N-dealkylation sites (tertiary alicyclic amines) is 1. The summed E-state index contributed by atoms with van der Waals surface area (Å²) in [6, 6.07) is 0.335. The lowest BCUT2D eigenvalue weighted by Gasteiger charge is -2.33. The molecule has 0 amide bonds. The predicted molar refractivity (Wildman–Crippen MR) is 63.4 cm³/mol. The van der Waals surface area contributed by atoms with Gasteiger partial charge in [0.25, 0.3) is 0 Å². The zero-order valence-corrected chi connectivity index (χ0v) is 9.67. The van der Waals surface area contributed by atoms with E-state index in [1.165, 1.54) is 18.9 Å². The molecule has 1 fully saturated rings. The summed E-state index contributed by atoms with van der Waals surface area (Å²) < 4.78 is 13.2. The van der Waals surface area contributed by atoms with E-state index < -0.39 is 0 Å². The Hall–Kier alpha value is -0.890. The Labute approximate surface area is 92.0 Å². The molecule has 1 unspecified atom stereocenters. The Morgan fingerprint density at radius 1 is 1.47 bits per heavy atom. The van der Waals surface area contributed by atoms with Crippen LogP contribution >= 0.6 is 0 Å². The summed E-state index contributed by atoms with van der Waals surface area (Å²) in [6.07, 6.45) is 8.41. The fourth-order valence-corrected chi connectivity index (χ4v) is 2.03. The van der Waals surface area contributed by atoms with Gasteiger partial charge in [0, 0.05) is 6.04 Å². The number of likely N-dealkylation sites (N-methyl/N-ethyl adjacent to an activating group) is 1. The summed E-state index contributed by atoms with van der Waals surface area (Å²) in [7, 11) is 2.09. The number of halogens is 1. The van der Waals surface area contributed by atoms with Crippen molar-refractivity contribution in [2.24, 2.45) is 0 Å². The minimum Gasteiger partial charge on any atom is -0.299 e. The van der Waals surface area contributed by atoms with Crippen molar-refractivity contribution >= 4 is 0 Å². The highest BCUT2D eigenvalue weighted by atomic mass is 19.1. The van der Waals surface area contributed by atoms with Gasteiger partial charge in [-0.3, -0.25) is 4.90 Å². The highest BCUT2D eigenvalue weighted by molar-refractivity contribution is 5.30. The molecule has 1 aliphatic rings. The number of hydrogen-bond acceptors (Lipinski definition) is 1. The average molecular weight is 209 g/mol. The van der Waals surface area contributed by atoms with Crippen molar-refractivity contribution in [3.05, 3.63) is 36.2 Å². The highest BCUT2D eigenvalue weighted by Gasteiger charge is 2.20. The number of nitrogens with zero attached hydrogens (tertiary/aromatic N) is 1. The molecule has 1 rings (SSSR count). The van der Waals surface area contributed by atoms with Crippen LogP contribution in [0, 0.1) is 0 Å². The normalized spacial score (nSPS) is 25.4. The maximum atomic E-state index is 13.2. The molecule has 0 aromatic rings. The first kappa shape index (κ1) is 12.2. The summed E-state index contributed by atoms with van der Waals surface area (Å²) in [5.41, 5.74) is 0.993. The van der Waals surface area contributed by atoms with Gasteiger partial charge in [-0.1, -0.05) is 25.2 Å². The molecule has 1 heterocycles. The van der Waals surface area contributed by atoms with Crippen LogP contribution < -0.4 is 0 Å². The first-order valence-corrected chi connectivity index (χ1v) is 5.55. The summed E-state index contributed by atoms with van der Waals surface area (Å²) in [5, 5.41) is 0. The maximum Gasteiger partial charge on any atom is 0.119 e. The van der Waals surface area contributed by atoms with Crippen LogP contribution in [0.2, 0.25) is 0 Å². The minimum atomic E-state index is -0.177. The number of rotatable bonds is 3. The third-order valence-electron chi connectivity index (χ3n) is 2.97. The van der Waals surface area contributed by atoms with Crippen molar-refractivity contribution in [2.75, 3.05) is 13.6 Å². The van der Waals surface area contributed by atoms with E-state index in [9.17, 15) is 4.39 Å². The second-order valence-electron chi connectivity index (χ2n) is 4.01. The Morgan fingerprint density at radius 3 is 2.73 bits per heavy atom. The summed E-state index contributed by atoms with van der Waals surface area (Å²) >= 11 is 0. The Bertz CT molecular complexity index is 278. The first-order valence-electron chi connectivity index (χ1n) is 5.55. The van der Waals surface area contributed by atoms with Gasteiger partial charge in [-0.15, -0.1) is 0 Å². The second-order valence-corrected chi connectivity index (χ2v) is 4.01. The van der Waals surface area contributed by atoms with Crippen LogP contribution in [0.4, 0.5) is 4.39 Å². The standard InChI is InChI=1S/C13H20FN/c1-4-11(10-12(14)5-2)13-8-6-7-9-15(13)3/h4-5,10,13H,1,6-9H2,2-3H3/b11-10+,12-5+. The van der Waals surface area contributed by atoms with Crippen molar-refractivity contribution in [3.8, 4) is 0 Å². The molecule has 0 spiro atoms. The molecular weight excluding hydrogens is 189 g/mol. The molecule has 0 radical (unpaired) electrons. The molecule has 1 nitrogen and oxygen atoms in total. The molecule has 0 bridgehead atoms. The van der Waals surface area contributed by atoms with E-state index in [2.05, 4.69) is 18.5 Å². The van der Waals surface area contributed by atoms with Crippen LogP contribution in [0.15, 0.2) is 36.2 Å². The molecule has 1 atom stereocenters. The summed E-state index contributed by atoms with van der Waals surface area (Å²) in [5.74, 6) is -0.177. The van der Waals surface area contributed by atoms with Crippen LogP contribution in [-0.2, 0) is 0 Å². The predicted octanol–water partition coefficient (Wildman–Crippen LogP) is 3.46. The lowest BCUT2D eigenvalue weighted by Crippen LogP contribution is -2.37. The van der Waals surface area contributed by atoms with E-state index in [4.69, 9.17) is 0 Å². The number of hydrogen-bond donors (Lipinski definition) is 0. The fraction of sp³-hybridized carbons (Fsp3) is 0.538. The fourth-order valence-electron chi connectivity index (χ4n) is 2.03. The molecular formula is C13H20FN. The van der Waals surface area contributed by atoms with Gasteiger partial charge < -0.3 is 0 Å². The third kappa shape index (κ3) is 3.31. The second kappa shape index (κ2) is 5.86. The molecule has 0 aromatic heterocycles. The molecule has 0 aliphatic carbocycles. The Balaban J connectivity index is 2.81. The molecule has 0 N–H and O–H groups in total. The summed E-state index contributed by atoms with van der Waals surface area (Å²) in [6.45, 7) is 6.57. The molecule has 1 saturated heterocycles. The summed E-state index contributed by atoms with van der Waals surface area (Å²) in [4.78, 5) is 2.28. The van der Waals surface area contributed by atoms with Gasteiger partial charge in [0.05, 0.1) is 0 Å². The number of allylic oxidation sites excluding steroid dienone is 3. The minimum absolute atomic E-state index is 0.177. The zero-order chi connectivity index (χ0) is 11.3. The van der Waals surface area contributed by atoms with Gasteiger partial charge in [0.1, 0.15) is 5.83 Å². The van der Waals surface area contributed by atoms with Crippen LogP contribution in [0.5, 0.6) is 0 Å². The van der Waals surface area contributed by atoms with E-state index in [1.807, 2.05) is 0 Å². The molecule has 84 valence electrons. The molecule has 15 heavy (non-hydrogen) atoms. The van der Waals surface area contributed by atoms with Crippen LogP contribution in [-0.4, -0.2) is 24.5 Å². The quantitative estimate of drug-likeness (QED) is 0.643. The van der Waals surface area contributed by atoms with E-state index in [-0.39, 0.29) is 5.83 Å². The average Bonchev–Trinajstić information content (AvgIpc) is 2.26. The van der Waals surface area contributed by atoms with Crippen LogP contribution in [0.1, 0.15) is 26.2 Å². The van der Waals surface area contributed by atoms with Crippen molar-refractivity contribution in [1.29, 1.82) is 0 Å². The van der Waals surface area contributed by atoms with Crippen molar-refractivity contribution < 1.29 is 4.39 Å². The van der Waals surface area contributed by atoms with Gasteiger partial charge in [0.2, 0.25) is 0 Å². The van der Waals surface area contributed by atoms with Crippen molar-refractivity contribution in [1.82, 2.24) is 4.90 Å². The van der Waals surface area contributed by atoms with Crippen LogP contribution in [0.3, 0.4) is 0 Å². The van der Waals surface area contributed by atoms with Gasteiger partial charge in [-0.25, -0.2) is 4.39 Å². The molecule has 0 aromatic carbocycles. The first-order chi connectivity index (χ1) is 7.19. The van der Waals surface area contributed by atoms with Crippen LogP contribution in [0.25, 0.3) is 0 Å². The zero-order valence-electron chi connectivity index (χ0n) is 9.67. The van der Waals surface area contributed by atoms with E-state index in [0.717, 1.165) is 18.5 Å². The SMILES string of the molecule is C=C/C(=C\C(F)=C/C)C1CCCCN1C. The molecule has 2 heteroatoms. The van der Waals surface area contributed by atoms with Crippen molar-refractivity contribution in [2.45, 2.75) is 32.2 Å². The maximum absolute atomic E-state index is 13.2. The van der Waals surface area contributed by atoms with Gasteiger partial charge in [-0.2, -0.15) is 0 Å². The molecule has 1 aliphatic heterocycles. The molecule has 0 saturated carbocycles. The van der Waals surface area contributed by atoms with E-state index in [1.54, 1.807) is 19.1 Å². The van der Waals surface area contributed by atoms with Gasteiger partial charge >= 0.3 is 0 Å². The smallest absolute Gasteiger partial charge is 0.119 e. The largest absolute Gasteiger partial charge is 0.299 e. The lowest BCUT2D eigenvalue weighted by molar-refractivity contribution is 0.215. The monoisotopic (exact) mass is 209 g/mol. The third-order valence-corrected chi connectivity index (χ3v) is 2.97. The van der Waals surface area contributed by atoms with Gasteiger partial charge in [-0.05, 0) is 45.0 Å². The van der Waals surface area contributed by atoms with E-state index >= 15 is 0 Å². The topological polar surface area (TPSA) is 3.24 Å². The number of piperidine rings is 1. The Morgan fingerprint density at radius 2 is 2.20 bits per heavy atom.